The number of benzene rings is 1. The van der Waals surface area contributed by atoms with Crippen molar-refractivity contribution in [1.82, 2.24) is 9.55 Å². The van der Waals surface area contributed by atoms with E-state index in [0.717, 1.165) is 18.7 Å². The Morgan fingerprint density at radius 2 is 2.00 bits per heavy atom. The molecule has 0 fully saturated rings. The maximum atomic E-state index is 6.38. The molecule has 0 spiro atoms. The van der Waals surface area contributed by atoms with Gasteiger partial charge in [-0.25, -0.2) is 4.98 Å². The molecule has 0 radical (unpaired) electrons. The molecule has 0 saturated carbocycles. The number of aryl methyl sites for hydroxylation is 2. The van der Waals surface area contributed by atoms with Crippen LogP contribution in [0.1, 0.15) is 43.3 Å². The summed E-state index contributed by atoms with van der Waals surface area (Å²) in [5.41, 5.74) is 8.96. The van der Waals surface area contributed by atoms with Crippen LogP contribution in [0.5, 0.6) is 0 Å². The molecule has 3 heteroatoms. The number of aromatic nitrogens is 2. The Labute approximate surface area is 115 Å². The molecule has 1 aromatic carbocycles. The van der Waals surface area contributed by atoms with Gasteiger partial charge in [0.05, 0.1) is 6.04 Å². The molecule has 2 aromatic rings. The maximum Gasteiger partial charge on any atom is 0.108 e. The Morgan fingerprint density at radius 3 is 2.63 bits per heavy atom. The van der Waals surface area contributed by atoms with Crippen molar-refractivity contribution in [2.45, 2.75) is 45.7 Å². The van der Waals surface area contributed by atoms with Gasteiger partial charge in [-0.1, -0.05) is 38.1 Å². The predicted octanol–water partition coefficient (Wildman–Crippen LogP) is 3.08. The maximum absolute atomic E-state index is 6.38. The molecule has 2 N–H and O–H groups in total. The molecule has 2 unspecified atom stereocenters. The van der Waals surface area contributed by atoms with Gasteiger partial charge in [0.15, 0.2) is 0 Å². The Hall–Kier alpha value is -1.61. The first-order chi connectivity index (χ1) is 9.19. The molecule has 102 valence electrons. The van der Waals surface area contributed by atoms with Crippen LogP contribution < -0.4 is 5.73 Å². The molecule has 3 nitrogen and oxygen atoms in total. The average molecular weight is 257 g/mol. The quantitative estimate of drug-likeness (QED) is 0.894. The van der Waals surface area contributed by atoms with Crippen molar-refractivity contribution in [2.24, 2.45) is 5.73 Å². The van der Waals surface area contributed by atoms with E-state index in [2.05, 4.69) is 54.6 Å². The lowest BCUT2D eigenvalue weighted by molar-refractivity contribution is 0.445. The van der Waals surface area contributed by atoms with Crippen molar-refractivity contribution < 1.29 is 0 Å². The first-order valence-corrected chi connectivity index (χ1v) is 7.01. The third-order valence-electron chi connectivity index (χ3n) is 3.75. The van der Waals surface area contributed by atoms with Crippen LogP contribution >= 0.6 is 0 Å². The third kappa shape index (κ3) is 2.71. The Balaban J connectivity index is 2.51. The molecular weight excluding hydrogens is 234 g/mol. The number of nitrogens with two attached hydrogens (primary N) is 1. The number of hydrogen-bond donors (Lipinski definition) is 1. The summed E-state index contributed by atoms with van der Waals surface area (Å²) < 4.78 is 2.23. The van der Waals surface area contributed by atoms with Gasteiger partial charge in [-0.2, -0.15) is 0 Å². The summed E-state index contributed by atoms with van der Waals surface area (Å²) in [6.45, 7) is 6.41. The second-order valence-corrected chi connectivity index (χ2v) is 4.98. The van der Waals surface area contributed by atoms with Gasteiger partial charge in [-0.15, -0.1) is 0 Å². The van der Waals surface area contributed by atoms with Crippen LogP contribution in [-0.4, -0.2) is 15.6 Å². The molecule has 1 heterocycles. The predicted molar refractivity (Wildman–Crippen MR) is 79.2 cm³/mol. The molecule has 0 amide bonds. The van der Waals surface area contributed by atoms with Crippen LogP contribution in [0.25, 0.3) is 0 Å². The number of nitrogens with zero attached hydrogens (tertiary/aromatic N) is 2. The Bertz CT molecular complexity index is 530. The minimum absolute atomic E-state index is 0.0978. The van der Waals surface area contributed by atoms with Crippen LogP contribution in [0.3, 0.4) is 0 Å². The lowest BCUT2D eigenvalue weighted by atomic mass is 9.94. The second-order valence-electron chi connectivity index (χ2n) is 4.98. The molecule has 0 aliphatic rings. The summed E-state index contributed by atoms with van der Waals surface area (Å²) >= 11 is 0. The van der Waals surface area contributed by atoms with Crippen LogP contribution in [0, 0.1) is 6.92 Å². The first kappa shape index (κ1) is 13.8. The molecule has 2 rings (SSSR count). The fraction of sp³-hybridized carbons (Fsp3) is 0.438. The largest absolute Gasteiger partial charge is 0.326 e. The zero-order valence-corrected chi connectivity index (χ0v) is 12.0. The summed E-state index contributed by atoms with van der Waals surface area (Å²) in [7, 11) is 0. The molecule has 19 heavy (non-hydrogen) atoms. The minimum atomic E-state index is 0.0978. The Kier molecular flexibility index (Phi) is 4.38. The van der Waals surface area contributed by atoms with E-state index in [1.165, 1.54) is 11.1 Å². The van der Waals surface area contributed by atoms with Gasteiger partial charge in [0.25, 0.3) is 0 Å². The average Bonchev–Trinajstić information content (AvgIpc) is 2.89. The van der Waals surface area contributed by atoms with Crippen LogP contribution in [0.2, 0.25) is 0 Å². The Morgan fingerprint density at radius 1 is 1.26 bits per heavy atom. The lowest BCUT2D eigenvalue weighted by Crippen LogP contribution is -2.33. The highest BCUT2D eigenvalue weighted by molar-refractivity contribution is 5.31. The standard InChI is InChI=1S/C16H23N3/c1-4-14(17)16(13-9-7-6-8-12(13)3)19-11-10-18-15(19)5-2/h6-11,14,16H,4-5,17H2,1-3H3. The summed E-state index contributed by atoms with van der Waals surface area (Å²) in [6.07, 6.45) is 5.78. The van der Waals surface area contributed by atoms with Gasteiger partial charge in [-0.05, 0) is 24.5 Å². The smallest absolute Gasteiger partial charge is 0.108 e. The molecule has 2 atom stereocenters. The normalized spacial score (nSPS) is 14.3. The topological polar surface area (TPSA) is 43.8 Å². The fourth-order valence-corrected chi connectivity index (χ4v) is 2.60. The van der Waals surface area contributed by atoms with E-state index in [4.69, 9.17) is 5.73 Å². The highest BCUT2D eigenvalue weighted by Gasteiger charge is 2.23. The van der Waals surface area contributed by atoms with Gasteiger partial charge in [0.1, 0.15) is 5.82 Å². The van der Waals surface area contributed by atoms with E-state index in [1.54, 1.807) is 0 Å². The first-order valence-electron chi connectivity index (χ1n) is 7.01. The van der Waals surface area contributed by atoms with Crippen molar-refractivity contribution >= 4 is 0 Å². The van der Waals surface area contributed by atoms with E-state index in [-0.39, 0.29) is 12.1 Å². The summed E-state index contributed by atoms with van der Waals surface area (Å²) in [4.78, 5) is 4.43. The molecule has 0 saturated heterocycles. The molecule has 0 aliphatic heterocycles. The van der Waals surface area contributed by atoms with E-state index in [1.807, 2.05) is 12.4 Å². The summed E-state index contributed by atoms with van der Waals surface area (Å²) in [5.74, 6) is 1.09. The van der Waals surface area contributed by atoms with Crippen molar-refractivity contribution in [3.8, 4) is 0 Å². The van der Waals surface area contributed by atoms with E-state index in [9.17, 15) is 0 Å². The number of imidazole rings is 1. The zero-order valence-electron chi connectivity index (χ0n) is 12.0. The van der Waals surface area contributed by atoms with E-state index < -0.39 is 0 Å². The van der Waals surface area contributed by atoms with Crippen molar-refractivity contribution in [3.63, 3.8) is 0 Å². The third-order valence-corrected chi connectivity index (χ3v) is 3.75. The molecule has 0 aliphatic carbocycles. The van der Waals surface area contributed by atoms with Gasteiger partial charge >= 0.3 is 0 Å². The van der Waals surface area contributed by atoms with Crippen molar-refractivity contribution in [2.75, 3.05) is 0 Å². The van der Waals surface area contributed by atoms with Crippen LogP contribution in [0.4, 0.5) is 0 Å². The van der Waals surface area contributed by atoms with Gasteiger partial charge < -0.3 is 10.3 Å². The fourth-order valence-electron chi connectivity index (χ4n) is 2.60. The van der Waals surface area contributed by atoms with Crippen LogP contribution in [0.15, 0.2) is 36.7 Å². The summed E-state index contributed by atoms with van der Waals surface area (Å²) in [6, 6.07) is 8.74. The molecular formula is C16H23N3. The zero-order chi connectivity index (χ0) is 13.8. The number of rotatable bonds is 5. The van der Waals surface area contributed by atoms with Gasteiger partial charge in [0.2, 0.25) is 0 Å². The van der Waals surface area contributed by atoms with Crippen LogP contribution in [-0.2, 0) is 6.42 Å². The molecule has 1 aromatic heterocycles. The highest BCUT2D eigenvalue weighted by Crippen LogP contribution is 2.27. The number of hydrogen-bond acceptors (Lipinski definition) is 2. The van der Waals surface area contributed by atoms with E-state index in [0.29, 0.717) is 0 Å². The van der Waals surface area contributed by atoms with E-state index >= 15 is 0 Å². The molecule has 0 bridgehead atoms. The highest BCUT2D eigenvalue weighted by atomic mass is 15.1. The van der Waals surface area contributed by atoms with Crippen molar-refractivity contribution in [1.29, 1.82) is 0 Å². The minimum Gasteiger partial charge on any atom is -0.326 e. The second kappa shape index (κ2) is 6.02. The van der Waals surface area contributed by atoms with Gasteiger partial charge in [0, 0.05) is 24.9 Å². The SMILES string of the molecule is CCc1nccn1C(c1ccccc1C)C(N)CC. The lowest BCUT2D eigenvalue weighted by Gasteiger charge is -2.27. The monoisotopic (exact) mass is 257 g/mol. The summed E-state index contributed by atoms with van der Waals surface area (Å²) in [5, 5.41) is 0. The van der Waals surface area contributed by atoms with Gasteiger partial charge in [-0.3, -0.25) is 0 Å². The van der Waals surface area contributed by atoms with Crippen molar-refractivity contribution in [3.05, 3.63) is 53.6 Å².